The first kappa shape index (κ1) is 5.78. The number of likely N-dealkylation sites (N-methyl/N-ethyl adjacent to an activating group) is 1. The van der Waals surface area contributed by atoms with Crippen molar-refractivity contribution in [3.8, 4) is 0 Å². The normalized spacial score (nSPS) is 49.3. The van der Waals surface area contributed by atoms with Crippen LogP contribution in [0.25, 0.3) is 0 Å². The van der Waals surface area contributed by atoms with Crippen LogP contribution >= 0.6 is 23.0 Å². The second kappa shape index (κ2) is 1.56. The maximum Gasteiger partial charge on any atom is 0.143 e. The van der Waals surface area contributed by atoms with Crippen LogP contribution in [0.5, 0.6) is 0 Å². The Morgan fingerprint density at radius 1 is 1.86 bits per heavy atom. The molecule has 1 saturated heterocycles. The van der Waals surface area contributed by atoms with Gasteiger partial charge in [0.25, 0.3) is 0 Å². The summed E-state index contributed by atoms with van der Waals surface area (Å²) in [5, 5.41) is 0. The molecule has 0 spiro atoms. The van der Waals surface area contributed by atoms with Gasteiger partial charge in [-0.1, -0.05) is 0 Å². The van der Waals surface area contributed by atoms with E-state index in [4.69, 9.17) is 3.07 Å². The van der Waals surface area contributed by atoms with Crippen molar-refractivity contribution in [2.24, 2.45) is 0 Å². The van der Waals surface area contributed by atoms with E-state index in [1.807, 2.05) is 30.1 Å². The Balaban J connectivity index is 2.36. The Morgan fingerprint density at radius 3 is 2.29 bits per heavy atom. The van der Waals surface area contributed by atoms with E-state index in [0.717, 1.165) is 6.54 Å². The van der Waals surface area contributed by atoms with Crippen LogP contribution in [0.4, 0.5) is 0 Å². The Hall–Kier alpha value is 0.650. The van der Waals surface area contributed by atoms with Crippen molar-refractivity contribution in [3.05, 3.63) is 0 Å². The van der Waals surface area contributed by atoms with Gasteiger partial charge in [-0.3, -0.25) is 7.97 Å². The van der Waals surface area contributed by atoms with Crippen molar-refractivity contribution in [1.29, 1.82) is 0 Å². The molecule has 0 amide bonds. The Morgan fingerprint density at radius 2 is 2.29 bits per heavy atom. The third-order valence-corrected chi connectivity index (χ3v) is 2.35. The summed E-state index contributed by atoms with van der Waals surface area (Å²) in [6, 6.07) is 0. The number of hydrogen-bond donors (Lipinski definition) is 0. The summed E-state index contributed by atoms with van der Waals surface area (Å²) in [6.07, 6.45) is 0. The van der Waals surface area contributed by atoms with Gasteiger partial charge in [0.1, 0.15) is 28.7 Å². The summed E-state index contributed by atoms with van der Waals surface area (Å²) >= 11 is 1.93. The SMILES string of the molecule is CN1CC1(C)OI. The van der Waals surface area contributed by atoms with Gasteiger partial charge < -0.3 is 0 Å². The lowest BCUT2D eigenvalue weighted by Crippen LogP contribution is -2.09. The minimum Gasteiger partial charge on any atom is -0.292 e. The van der Waals surface area contributed by atoms with Crippen molar-refractivity contribution in [3.63, 3.8) is 0 Å². The maximum absolute atomic E-state index is 5.06. The lowest BCUT2D eigenvalue weighted by molar-refractivity contribution is 0.214. The highest BCUT2D eigenvalue weighted by molar-refractivity contribution is 14.1. The Kier molecular flexibility index (Phi) is 1.29. The molecule has 2 nitrogen and oxygen atoms in total. The summed E-state index contributed by atoms with van der Waals surface area (Å²) in [4.78, 5) is 2.14. The van der Waals surface area contributed by atoms with Crippen LogP contribution in [0.2, 0.25) is 0 Å². The molecule has 0 saturated carbocycles. The molecule has 2 atom stereocenters. The predicted octanol–water partition coefficient (Wildman–Crippen LogP) is 1.01. The lowest BCUT2D eigenvalue weighted by atomic mass is 10.5. The zero-order valence-electron chi connectivity index (χ0n) is 4.44. The van der Waals surface area contributed by atoms with Gasteiger partial charge in [0.05, 0.1) is 0 Å². The Bertz CT molecular complexity index is 83.8. The molecule has 2 unspecified atom stereocenters. The van der Waals surface area contributed by atoms with Crippen LogP contribution in [-0.2, 0) is 3.07 Å². The number of nitrogens with zero attached hydrogens (tertiary/aromatic N) is 1. The van der Waals surface area contributed by atoms with Gasteiger partial charge in [-0.2, -0.15) is 0 Å². The molecule has 0 aromatic rings. The zero-order chi connectivity index (χ0) is 5.49. The van der Waals surface area contributed by atoms with Crippen molar-refractivity contribution >= 4 is 23.0 Å². The third-order valence-electron chi connectivity index (χ3n) is 1.40. The zero-order valence-corrected chi connectivity index (χ0v) is 6.60. The highest BCUT2D eigenvalue weighted by Crippen LogP contribution is 2.32. The molecular weight excluding hydrogens is 205 g/mol. The molecule has 1 aliphatic rings. The number of hydrogen-bond acceptors (Lipinski definition) is 2. The molecule has 0 bridgehead atoms. The maximum atomic E-state index is 5.06. The van der Waals surface area contributed by atoms with Gasteiger partial charge in [0.15, 0.2) is 0 Å². The molecule has 1 heterocycles. The van der Waals surface area contributed by atoms with E-state index < -0.39 is 0 Å². The van der Waals surface area contributed by atoms with Crippen LogP contribution in [0, 0.1) is 0 Å². The van der Waals surface area contributed by atoms with Gasteiger partial charge in [-0.15, -0.1) is 0 Å². The Labute approximate surface area is 57.5 Å². The molecule has 0 radical (unpaired) electrons. The van der Waals surface area contributed by atoms with E-state index in [1.54, 1.807) is 0 Å². The van der Waals surface area contributed by atoms with Crippen LogP contribution in [0.15, 0.2) is 0 Å². The molecule has 0 aromatic carbocycles. The summed E-state index contributed by atoms with van der Waals surface area (Å²) in [5.41, 5.74) is 0.0700. The van der Waals surface area contributed by atoms with E-state index >= 15 is 0 Å². The highest BCUT2D eigenvalue weighted by Gasteiger charge is 2.45. The van der Waals surface area contributed by atoms with Crippen LogP contribution < -0.4 is 0 Å². The van der Waals surface area contributed by atoms with E-state index in [1.165, 1.54) is 0 Å². The molecule has 0 aromatic heterocycles. The van der Waals surface area contributed by atoms with Gasteiger partial charge in [-0.05, 0) is 14.0 Å². The third kappa shape index (κ3) is 0.899. The fourth-order valence-electron chi connectivity index (χ4n) is 0.488. The van der Waals surface area contributed by atoms with E-state index in [0.29, 0.717) is 0 Å². The topological polar surface area (TPSA) is 12.2 Å². The molecule has 7 heavy (non-hydrogen) atoms. The summed E-state index contributed by atoms with van der Waals surface area (Å²) < 4.78 is 5.06. The molecule has 3 heteroatoms. The summed E-state index contributed by atoms with van der Waals surface area (Å²) in [6.45, 7) is 3.13. The van der Waals surface area contributed by atoms with Gasteiger partial charge in [0.2, 0.25) is 0 Å². The predicted molar refractivity (Wildman–Crippen MR) is 36.1 cm³/mol. The second-order valence-corrected chi connectivity index (χ2v) is 2.55. The first-order chi connectivity index (χ1) is 3.19. The van der Waals surface area contributed by atoms with E-state index in [2.05, 4.69) is 11.8 Å². The van der Waals surface area contributed by atoms with E-state index in [9.17, 15) is 0 Å². The summed E-state index contributed by atoms with van der Waals surface area (Å²) in [7, 11) is 2.04. The minimum atomic E-state index is 0.0700. The van der Waals surface area contributed by atoms with Crippen LogP contribution in [0.1, 0.15) is 6.92 Å². The van der Waals surface area contributed by atoms with Crippen molar-refractivity contribution in [1.82, 2.24) is 4.90 Å². The molecule has 1 rings (SSSR count). The molecule has 1 aliphatic heterocycles. The highest BCUT2D eigenvalue weighted by atomic mass is 127. The quantitative estimate of drug-likeness (QED) is 0.476. The number of halogens is 1. The van der Waals surface area contributed by atoms with Gasteiger partial charge in [-0.25, -0.2) is 0 Å². The van der Waals surface area contributed by atoms with Gasteiger partial charge >= 0.3 is 0 Å². The van der Waals surface area contributed by atoms with Crippen molar-refractivity contribution in [2.45, 2.75) is 12.6 Å². The molecule has 0 N–H and O–H groups in total. The average molecular weight is 213 g/mol. The van der Waals surface area contributed by atoms with Crippen molar-refractivity contribution in [2.75, 3.05) is 13.6 Å². The number of rotatable bonds is 1. The molecule has 1 fully saturated rings. The van der Waals surface area contributed by atoms with Crippen LogP contribution in [-0.4, -0.2) is 24.2 Å². The largest absolute Gasteiger partial charge is 0.292 e. The summed E-state index contributed by atoms with van der Waals surface area (Å²) in [5.74, 6) is 0. The van der Waals surface area contributed by atoms with E-state index in [-0.39, 0.29) is 5.72 Å². The monoisotopic (exact) mass is 213 g/mol. The standard InChI is InChI=1S/C4H8INO/c1-4(7-5)3-6(4)2/h3H2,1-2H3. The minimum absolute atomic E-state index is 0.0700. The second-order valence-electron chi connectivity index (χ2n) is 2.11. The fraction of sp³-hybridized carbons (Fsp3) is 1.00. The molecular formula is C4H8INO. The average Bonchev–Trinajstić information content (AvgIpc) is 2.18. The first-order valence-electron chi connectivity index (χ1n) is 2.20. The molecule has 0 aliphatic carbocycles. The van der Waals surface area contributed by atoms with Gasteiger partial charge in [0, 0.05) is 6.54 Å². The van der Waals surface area contributed by atoms with Crippen molar-refractivity contribution < 1.29 is 3.07 Å². The fourth-order valence-corrected chi connectivity index (χ4v) is 0.963. The van der Waals surface area contributed by atoms with Crippen LogP contribution in [0.3, 0.4) is 0 Å². The lowest BCUT2D eigenvalue weighted by Gasteiger charge is -2.00. The first-order valence-corrected chi connectivity index (χ1v) is 3.08. The molecule has 42 valence electrons. The smallest absolute Gasteiger partial charge is 0.143 e.